The molecule has 0 atom stereocenters. The molecular weight excluding hydrogens is 604 g/mol. The van der Waals surface area contributed by atoms with E-state index in [1.807, 2.05) is 21.8 Å². The molecule has 0 radical (unpaired) electrons. The lowest BCUT2D eigenvalue weighted by Gasteiger charge is -2.36. The van der Waals surface area contributed by atoms with Crippen molar-refractivity contribution in [3.63, 3.8) is 0 Å². The highest BCUT2D eigenvalue weighted by Gasteiger charge is 2.34. The van der Waals surface area contributed by atoms with E-state index < -0.39 is 11.7 Å². The first kappa shape index (κ1) is 35.5. The Balaban J connectivity index is 1.28. The van der Waals surface area contributed by atoms with E-state index in [4.69, 9.17) is 9.47 Å². The Labute approximate surface area is 286 Å². The molecule has 9 heteroatoms. The first-order valence-electron chi connectivity index (χ1n) is 17.7. The van der Waals surface area contributed by atoms with Gasteiger partial charge in [-0.25, -0.2) is 4.79 Å². The number of carbonyl (C=O) groups is 2. The number of aryl methyl sites for hydroxylation is 1. The fourth-order valence-corrected chi connectivity index (χ4v) is 7.17. The number of carbonyl (C=O) groups excluding carboxylic acids is 2. The number of benzene rings is 2. The zero-order valence-corrected chi connectivity index (χ0v) is 29.6. The summed E-state index contributed by atoms with van der Waals surface area (Å²) in [6, 6.07) is 15.1. The third kappa shape index (κ3) is 9.19. The van der Waals surface area contributed by atoms with Crippen LogP contribution in [0.15, 0.2) is 54.9 Å². The van der Waals surface area contributed by atoms with Gasteiger partial charge in [0.2, 0.25) is 5.91 Å². The average molecular weight is 659 g/mol. The van der Waals surface area contributed by atoms with Crippen molar-refractivity contribution in [1.82, 2.24) is 15.1 Å². The van der Waals surface area contributed by atoms with Gasteiger partial charge >= 0.3 is 6.09 Å². The predicted molar refractivity (Wildman–Crippen MR) is 189 cm³/mol. The van der Waals surface area contributed by atoms with Gasteiger partial charge in [0.25, 0.3) is 0 Å². The van der Waals surface area contributed by atoms with Gasteiger partial charge in [0, 0.05) is 42.5 Å². The fraction of sp³-hybridized carbons (Fsp3) is 0.564. The molecule has 0 aliphatic heterocycles. The Kier molecular flexibility index (Phi) is 11.5. The first-order chi connectivity index (χ1) is 22.9. The van der Waals surface area contributed by atoms with E-state index in [9.17, 15) is 14.7 Å². The topological polar surface area (TPSA) is 106 Å². The molecule has 9 nitrogen and oxygen atoms in total. The van der Waals surface area contributed by atoms with E-state index in [1.165, 1.54) is 11.1 Å². The zero-order valence-electron chi connectivity index (χ0n) is 29.6. The van der Waals surface area contributed by atoms with Crippen molar-refractivity contribution >= 4 is 17.7 Å². The highest BCUT2D eigenvalue weighted by Crippen LogP contribution is 2.39. The minimum absolute atomic E-state index is 0.119. The minimum atomic E-state index is -1.01. The SMILES string of the molecule is COc1ccc([C@H]2CC[C@H](CN(c3cccc(-c4cnn(C(C)C)c4)c3)C(=O)[C@H]3CC[C@H](OC(=O)NCC(C)(C)O)CC3)CC2)cc1C. The lowest BCUT2D eigenvalue weighted by atomic mass is 9.78. The molecule has 0 bridgehead atoms. The second-order valence-corrected chi connectivity index (χ2v) is 14.8. The van der Waals surface area contributed by atoms with Crippen molar-refractivity contribution < 1.29 is 24.2 Å². The number of alkyl carbamates (subject to hydrolysis) is 1. The van der Waals surface area contributed by atoms with Gasteiger partial charge < -0.3 is 24.8 Å². The van der Waals surface area contributed by atoms with E-state index in [2.05, 4.69) is 73.8 Å². The van der Waals surface area contributed by atoms with Crippen molar-refractivity contribution in [3.8, 4) is 16.9 Å². The summed E-state index contributed by atoms with van der Waals surface area (Å²) < 4.78 is 13.1. The molecule has 1 aromatic heterocycles. The lowest BCUT2D eigenvalue weighted by molar-refractivity contribution is -0.124. The summed E-state index contributed by atoms with van der Waals surface area (Å²) >= 11 is 0. The van der Waals surface area contributed by atoms with Crippen LogP contribution >= 0.6 is 0 Å². The Hall–Kier alpha value is -3.85. The number of anilines is 1. The smallest absolute Gasteiger partial charge is 0.407 e. The molecule has 260 valence electrons. The largest absolute Gasteiger partial charge is 0.496 e. The van der Waals surface area contributed by atoms with Gasteiger partial charge in [0.05, 0.1) is 18.9 Å². The molecule has 5 rings (SSSR count). The number of hydrogen-bond acceptors (Lipinski definition) is 6. The van der Waals surface area contributed by atoms with Crippen LogP contribution in [-0.2, 0) is 9.53 Å². The number of ether oxygens (including phenoxy) is 2. The summed E-state index contributed by atoms with van der Waals surface area (Å²) in [5, 5.41) is 17.1. The van der Waals surface area contributed by atoms with Gasteiger partial charge in [-0.15, -0.1) is 0 Å². The molecule has 0 unspecified atom stereocenters. The average Bonchev–Trinajstić information content (AvgIpc) is 3.58. The van der Waals surface area contributed by atoms with Crippen molar-refractivity contribution in [1.29, 1.82) is 0 Å². The summed E-state index contributed by atoms with van der Waals surface area (Å²) in [7, 11) is 1.72. The van der Waals surface area contributed by atoms with E-state index in [0.717, 1.165) is 48.2 Å². The molecule has 3 aromatic rings. The summed E-state index contributed by atoms with van der Waals surface area (Å²) in [5.41, 5.74) is 4.54. The summed E-state index contributed by atoms with van der Waals surface area (Å²) in [5.74, 6) is 1.89. The van der Waals surface area contributed by atoms with Crippen LogP contribution in [0.1, 0.15) is 102 Å². The summed E-state index contributed by atoms with van der Waals surface area (Å²) in [6.07, 6.45) is 10.2. The Morgan fingerprint density at radius 2 is 1.75 bits per heavy atom. The van der Waals surface area contributed by atoms with E-state index in [-0.39, 0.29) is 30.5 Å². The van der Waals surface area contributed by atoms with Gasteiger partial charge in [0.15, 0.2) is 0 Å². The predicted octanol–water partition coefficient (Wildman–Crippen LogP) is 7.81. The van der Waals surface area contributed by atoms with Crippen LogP contribution in [0, 0.1) is 18.8 Å². The molecule has 0 spiro atoms. The first-order valence-corrected chi connectivity index (χ1v) is 17.7. The van der Waals surface area contributed by atoms with Crippen molar-refractivity contribution in [2.75, 3.05) is 25.1 Å². The van der Waals surface area contributed by atoms with Gasteiger partial charge in [0.1, 0.15) is 11.9 Å². The third-order valence-electron chi connectivity index (χ3n) is 10.0. The molecule has 2 fully saturated rings. The lowest BCUT2D eigenvalue weighted by Crippen LogP contribution is -2.43. The number of nitrogens with one attached hydrogen (secondary N) is 1. The van der Waals surface area contributed by atoms with Crippen molar-refractivity contribution in [2.45, 2.75) is 110 Å². The molecule has 2 amide bonds. The highest BCUT2D eigenvalue weighted by molar-refractivity contribution is 5.95. The second kappa shape index (κ2) is 15.6. The standard InChI is InChI=1S/C39H54N4O5/c1-26(2)43-24-33(22-41-43)31-8-7-9-34(21-31)42(23-28-10-12-29(13-11-28)32-16-19-36(47-6)27(3)20-32)37(44)30-14-17-35(18-15-30)48-38(45)40-25-39(4,5)46/h7-9,16,19-22,24,26,28-30,35,46H,10-15,17-18,23,25H2,1-6H3,(H,40,45)/t28-,29-,30-,35-. The molecular formula is C39H54N4O5. The molecule has 2 saturated carbocycles. The summed E-state index contributed by atoms with van der Waals surface area (Å²) in [4.78, 5) is 28.7. The van der Waals surface area contributed by atoms with Crippen LogP contribution in [0.4, 0.5) is 10.5 Å². The Bertz CT molecular complexity index is 1530. The number of aliphatic hydroxyl groups is 1. The Morgan fingerprint density at radius 1 is 1.02 bits per heavy atom. The molecule has 2 aromatic carbocycles. The molecule has 0 saturated heterocycles. The number of rotatable bonds is 11. The number of aromatic nitrogens is 2. The highest BCUT2D eigenvalue weighted by atomic mass is 16.6. The second-order valence-electron chi connectivity index (χ2n) is 14.8. The van der Waals surface area contributed by atoms with Crippen LogP contribution in [0.5, 0.6) is 5.75 Å². The number of amides is 2. The fourth-order valence-electron chi connectivity index (χ4n) is 7.17. The van der Waals surface area contributed by atoms with Crippen LogP contribution in [-0.4, -0.2) is 58.8 Å². The normalized spacial score (nSPS) is 21.5. The summed E-state index contributed by atoms with van der Waals surface area (Å²) in [6.45, 7) is 10.4. The van der Waals surface area contributed by atoms with Gasteiger partial charge in [-0.2, -0.15) is 5.10 Å². The third-order valence-corrected chi connectivity index (χ3v) is 10.0. The molecule has 2 N–H and O–H groups in total. The van der Waals surface area contributed by atoms with Gasteiger partial charge in [-0.1, -0.05) is 24.3 Å². The van der Waals surface area contributed by atoms with E-state index >= 15 is 0 Å². The molecule has 2 aliphatic carbocycles. The van der Waals surface area contributed by atoms with Crippen LogP contribution in [0.25, 0.3) is 11.1 Å². The number of nitrogens with zero attached hydrogens (tertiary/aromatic N) is 3. The van der Waals surface area contributed by atoms with E-state index in [0.29, 0.717) is 44.1 Å². The Morgan fingerprint density at radius 3 is 2.38 bits per heavy atom. The van der Waals surface area contributed by atoms with Gasteiger partial charge in [-0.3, -0.25) is 9.48 Å². The number of methoxy groups -OCH3 is 1. The maximum absolute atomic E-state index is 14.4. The van der Waals surface area contributed by atoms with Crippen LogP contribution in [0.2, 0.25) is 0 Å². The van der Waals surface area contributed by atoms with Crippen molar-refractivity contribution in [2.24, 2.45) is 11.8 Å². The van der Waals surface area contributed by atoms with Gasteiger partial charge in [-0.05, 0) is 133 Å². The van der Waals surface area contributed by atoms with Crippen LogP contribution in [0.3, 0.4) is 0 Å². The molecule has 1 heterocycles. The maximum atomic E-state index is 14.4. The zero-order chi connectivity index (χ0) is 34.4. The van der Waals surface area contributed by atoms with E-state index in [1.54, 1.807) is 21.0 Å². The monoisotopic (exact) mass is 658 g/mol. The quantitative estimate of drug-likeness (QED) is 0.218. The number of hydrogen-bond donors (Lipinski definition) is 2. The van der Waals surface area contributed by atoms with Crippen LogP contribution < -0.4 is 15.0 Å². The van der Waals surface area contributed by atoms with Crippen molar-refractivity contribution in [3.05, 3.63) is 66.0 Å². The maximum Gasteiger partial charge on any atom is 0.407 e. The molecule has 48 heavy (non-hydrogen) atoms. The molecule has 2 aliphatic rings. The minimum Gasteiger partial charge on any atom is -0.496 e.